The highest BCUT2D eigenvalue weighted by Crippen LogP contribution is 2.15. The van der Waals surface area contributed by atoms with E-state index in [0.717, 1.165) is 17.8 Å². The van der Waals surface area contributed by atoms with Gasteiger partial charge in [-0.05, 0) is 48.2 Å². The van der Waals surface area contributed by atoms with Crippen LogP contribution in [0.5, 0.6) is 0 Å². The first-order chi connectivity index (χ1) is 12.7. The van der Waals surface area contributed by atoms with Gasteiger partial charge < -0.3 is 10.6 Å². The maximum absolute atomic E-state index is 12.5. The Bertz CT molecular complexity index is 888. The van der Waals surface area contributed by atoms with Crippen molar-refractivity contribution in [3.05, 3.63) is 89.2 Å². The normalized spacial score (nSPS) is 10.4. The molecule has 0 bridgehead atoms. The Morgan fingerprint density at radius 1 is 1.00 bits per heavy atom. The van der Waals surface area contributed by atoms with E-state index in [2.05, 4.69) is 41.6 Å². The van der Waals surface area contributed by atoms with Crippen molar-refractivity contribution < 1.29 is 4.79 Å². The van der Waals surface area contributed by atoms with Gasteiger partial charge in [-0.2, -0.15) is 0 Å². The van der Waals surface area contributed by atoms with Crippen LogP contribution in [-0.2, 0) is 13.0 Å². The van der Waals surface area contributed by atoms with E-state index in [-0.39, 0.29) is 5.91 Å². The van der Waals surface area contributed by atoms with Crippen LogP contribution in [0.4, 0.5) is 11.4 Å². The van der Waals surface area contributed by atoms with Crippen molar-refractivity contribution in [1.29, 1.82) is 0 Å². The molecule has 26 heavy (non-hydrogen) atoms. The third-order valence-corrected chi connectivity index (χ3v) is 4.36. The number of anilines is 2. The van der Waals surface area contributed by atoms with Crippen LogP contribution < -0.4 is 10.6 Å². The lowest BCUT2D eigenvalue weighted by atomic mass is 10.1. The zero-order chi connectivity index (χ0) is 18.4. The Kier molecular flexibility index (Phi) is 5.64. The summed E-state index contributed by atoms with van der Waals surface area (Å²) in [5, 5.41) is 6.25. The topological polar surface area (TPSA) is 54.0 Å². The molecule has 0 fully saturated rings. The lowest BCUT2D eigenvalue weighted by molar-refractivity contribution is 0.102. The summed E-state index contributed by atoms with van der Waals surface area (Å²) in [6, 6.07) is 17.9. The first kappa shape index (κ1) is 17.7. The van der Waals surface area contributed by atoms with Crippen LogP contribution in [0, 0.1) is 6.92 Å². The largest absolute Gasteiger partial charge is 0.380 e. The van der Waals surface area contributed by atoms with E-state index < -0.39 is 0 Å². The maximum atomic E-state index is 12.5. The third-order valence-electron chi connectivity index (χ3n) is 4.36. The number of rotatable bonds is 6. The van der Waals surface area contributed by atoms with E-state index in [4.69, 9.17) is 0 Å². The van der Waals surface area contributed by atoms with Gasteiger partial charge >= 0.3 is 0 Å². The molecule has 0 aliphatic rings. The predicted molar refractivity (Wildman–Crippen MR) is 107 cm³/mol. The molecule has 1 amide bonds. The van der Waals surface area contributed by atoms with Gasteiger partial charge in [-0.3, -0.25) is 9.78 Å². The van der Waals surface area contributed by atoms with Gasteiger partial charge in [-0.25, -0.2) is 0 Å². The number of hydrogen-bond acceptors (Lipinski definition) is 3. The second-order valence-electron chi connectivity index (χ2n) is 6.25. The zero-order valence-electron chi connectivity index (χ0n) is 15.1. The summed E-state index contributed by atoms with van der Waals surface area (Å²) in [7, 11) is 0. The Hall–Kier alpha value is -3.14. The van der Waals surface area contributed by atoms with Crippen molar-refractivity contribution >= 4 is 17.3 Å². The average molecular weight is 345 g/mol. The minimum Gasteiger partial charge on any atom is -0.380 e. The molecule has 0 saturated carbocycles. The monoisotopic (exact) mass is 345 g/mol. The Labute approximate surface area is 154 Å². The van der Waals surface area contributed by atoms with Gasteiger partial charge in [-0.1, -0.05) is 43.3 Å². The molecule has 0 unspecified atom stereocenters. The van der Waals surface area contributed by atoms with E-state index >= 15 is 0 Å². The summed E-state index contributed by atoms with van der Waals surface area (Å²) in [6.07, 6.45) is 4.28. The van der Waals surface area contributed by atoms with E-state index in [1.54, 1.807) is 12.4 Å². The number of aryl methyl sites for hydroxylation is 2. The van der Waals surface area contributed by atoms with Crippen LogP contribution in [-0.4, -0.2) is 10.9 Å². The molecule has 3 rings (SSSR count). The summed E-state index contributed by atoms with van der Waals surface area (Å²) in [6.45, 7) is 4.88. The van der Waals surface area contributed by atoms with E-state index in [9.17, 15) is 4.79 Å². The standard InChI is InChI=1S/C22H23N3O/c1-3-17-8-10-20(11-9-17)25-22(26)19-12-21(15-23-13-19)24-14-18-7-5-4-6-16(18)2/h4-13,15,24H,3,14H2,1-2H3,(H,25,26). The van der Waals surface area contributed by atoms with Crippen molar-refractivity contribution in [2.24, 2.45) is 0 Å². The van der Waals surface area contributed by atoms with E-state index in [1.807, 2.05) is 42.5 Å². The SMILES string of the molecule is CCc1ccc(NC(=O)c2cncc(NCc3ccccc3C)c2)cc1. The Balaban J connectivity index is 1.66. The highest BCUT2D eigenvalue weighted by atomic mass is 16.1. The number of nitrogens with one attached hydrogen (secondary N) is 2. The van der Waals surface area contributed by atoms with Gasteiger partial charge in [0.25, 0.3) is 5.91 Å². The second-order valence-corrected chi connectivity index (χ2v) is 6.25. The molecule has 2 aromatic carbocycles. The molecule has 0 radical (unpaired) electrons. The summed E-state index contributed by atoms with van der Waals surface area (Å²) in [5.74, 6) is -0.165. The van der Waals surface area contributed by atoms with Crippen LogP contribution in [0.2, 0.25) is 0 Å². The van der Waals surface area contributed by atoms with Gasteiger partial charge in [0, 0.05) is 24.6 Å². The van der Waals surface area contributed by atoms with Crippen LogP contribution >= 0.6 is 0 Å². The lowest BCUT2D eigenvalue weighted by Gasteiger charge is -2.10. The van der Waals surface area contributed by atoms with Crippen molar-refractivity contribution in [3.63, 3.8) is 0 Å². The molecule has 0 atom stereocenters. The van der Waals surface area contributed by atoms with Gasteiger partial charge in [-0.15, -0.1) is 0 Å². The highest BCUT2D eigenvalue weighted by Gasteiger charge is 2.08. The summed E-state index contributed by atoms with van der Waals surface area (Å²) in [5.41, 5.74) is 5.83. The van der Waals surface area contributed by atoms with Crippen LogP contribution in [0.1, 0.15) is 34.0 Å². The van der Waals surface area contributed by atoms with Crippen molar-refractivity contribution in [2.45, 2.75) is 26.8 Å². The zero-order valence-corrected chi connectivity index (χ0v) is 15.1. The van der Waals surface area contributed by atoms with Gasteiger partial charge in [0.05, 0.1) is 11.3 Å². The Morgan fingerprint density at radius 2 is 1.77 bits per heavy atom. The molecular weight excluding hydrogens is 322 g/mol. The van der Waals surface area contributed by atoms with Crippen LogP contribution in [0.15, 0.2) is 67.0 Å². The van der Waals surface area contributed by atoms with E-state index in [1.165, 1.54) is 16.7 Å². The van der Waals surface area contributed by atoms with Crippen molar-refractivity contribution in [3.8, 4) is 0 Å². The molecule has 0 spiro atoms. The minimum atomic E-state index is -0.165. The molecule has 0 saturated heterocycles. The number of nitrogens with zero attached hydrogens (tertiary/aromatic N) is 1. The van der Waals surface area contributed by atoms with Gasteiger partial charge in [0.2, 0.25) is 0 Å². The molecular formula is C22H23N3O. The summed E-state index contributed by atoms with van der Waals surface area (Å²) < 4.78 is 0. The molecule has 0 aliphatic carbocycles. The molecule has 3 aromatic rings. The van der Waals surface area contributed by atoms with Gasteiger partial charge in [0.1, 0.15) is 0 Å². The number of benzene rings is 2. The Morgan fingerprint density at radius 3 is 2.50 bits per heavy atom. The number of aromatic nitrogens is 1. The van der Waals surface area contributed by atoms with Crippen molar-refractivity contribution in [2.75, 3.05) is 10.6 Å². The molecule has 4 heteroatoms. The first-order valence-electron chi connectivity index (χ1n) is 8.79. The second kappa shape index (κ2) is 8.30. The third kappa shape index (κ3) is 4.48. The predicted octanol–water partition coefficient (Wildman–Crippen LogP) is 4.82. The van der Waals surface area contributed by atoms with Gasteiger partial charge in [0.15, 0.2) is 0 Å². The summed E-state index contributed by atoms with van der Waals surface area (Å²) >= 11 is 0. The highest BCUT2D eigenvalue weighted by molar-refractivity contribution is 6.04. The fourth-order valence-corrected chi connectivity index (χ4v) is 2.69. The fraction of sp³-hybridized carbons (Fsp3) is 0.182. The number of pyridine rings is 1. The molecule has 2 N–H and O–H groups in total. The molecule has 4 nitrogen and oxygen atoms in total. The number of amides is 1. The molecule has 1 aromatic heterocycles. The average Bonchev–Trinajstić information content (AvgIpc) is 2.68. The van der Waals surface area contributed by atoms with Crippen LogP contribution in [0.25, 0.3) is 0 Å². The smallest absolute Gasteiger partial charge is 0.257 e. The fourth-order valence-electron chi connectivity index (χ4n) is 2.69. The number of hydrogen-bond donors (Lipinski definition) is 2. The van der Waals surface area contributed by atoms with E-state index in [0.29, 0.717) is 12.1 Å². The molecule has 132 valence electrons. The van der Waals surface area contributed by atoms with Crippen molar-refractivity contribution in [1.82, 2.24) is 4.98 Å². The van der Waals surface area contributed by atoms with Crippen LogP contribution in [0.3, 0.4) is 0 Å². The quantitative estimate of drug-likeness (QED) is 0.673. The minimum absolute atomic E-state index is 0.165. The molecule has 1 heterocycles. The molecule has 0 aliphatic heterocycles. The number of carbonyl (C=O) groups excluding carboxylic acids is 1. The number of carbonyl (C=O) groups is 1. The maximum Gasteiger partial charge on any atom is 0.257 e. The lowest BCUT2D eigenvalue weighted by Crippen LogP contribution is -2.13. The summed E-state index contributed by atoms with van der Waals surface area (Å²) in [4.78, 5) is 16.7. The first-order valence-corrected chi connectivity index (χ1v) is 8.79.